The molecule has 1 saturated heterocycles. The van der Waals surface area contributed by atoms with E-state index in [1.54, 1.807) is 0 Å². The van der Waals surface area contributed by atoms with Gasteiger partial charge in [-0.3, -0.25) is 4.21 Å². The van der Waals surface area contributed by atoms with Gasteiger partial charge < -0.3 is 15.5 Å². The molecule has 2 aliphatic rings. The predicted octanol–water partition coefficient (Wildman–Crippen LogP) is 3.83. The molecule has 3 aromatic rings. The monoisotopic (exact) mass is 420 g/mol. The molecule has 0 amide bonds. The molecule has 156 valence electrons. The lowest BCUT2D eigenvalue weighted by Crippen LogP contribution is -2.38. The van der Waals surface area contributed by atoms with Gasteiger partial charge in [0.2, 0.25) is 0 Å². The Morgan fingerprint density at radius 1 is 1.20 bits per heavy atom. The Bertz CT molecular complexity index is 1090. The minimum atomic E-state index is -0.962. The van der Waals surface area contributed by atoms with Gasteiger partial charge in [0.1, 0.15) is 5.82 Å². The molecule has 2 N–H and O–H groups in total. The molecule has 5 rings (SSSR count). The Balaban J connectivity index is 1.54. The number of nitrogens with one attached hydrogen (secondary N) is 2. The molecule has 3 heterocycles. The lowest BCUT2D eigenvalue weighted by Gasteiger charge is -2.27. The average molecular weight is 421 g/mol. The standard InChI is InChI=1S/C24H28N4OS/c1-17-8-9-21-20(13-17)22(26-19-6-4-10-25-15-19)14-24(27-21)28-11-12-30(29)23-7-3-2-5-18(23)16-28/h2-3,5,7-9,13-14,19,25H,4,6,10-12,15-16H2,1H3,(H,26,27). The Labute approximate surface area is 180 Å². The molecule has 0 radical (unpaired) electrons. The summed E-state index contributed by atoms with van der Waals surface area (Å²) in [6.07, 6.45) is 2.37. The van der Waals surface area contributed by atoms with Crippen molar-refractivity contribution >= 4 is 33.2 Å². The molecule has 0 saturated carbocycles. The van der Waals surface area contributed by atoms with Crippen molar-refractivity contribution in [3.63, 3.8) is 0 Å². The van der Waals surface area contributed by atoms with Crippen molar-refractivity contribution in [2.45, 2.75) is 37.2 Å². The summed E-state index contributed by atoms with van der Waals surface area (Å²) >= 11 is 0. The average Bonchev–Trinajstić information content (AvgIpc) is 2.94. The normalized spacial score (nSPS) is 21.8. The van der Waals surface area contributed by atoms with Crippen LogP contribution in [-0.4, -0.2) is 40.6 Å². The largest absolute Gasteiger partial charge is 0.380 e. The lowest BCUT2D eigenvalue weighted by atomic mass is 10.1. The number of piperidine rings is 1. The fourth-order valence-corrected chi connectivity index (χ4v) is 5.70. The Morgan fingerprint density at radius 3 is 2.97 bits per heavy atom. The van der Waals surface area contributed by atoms with Gasteiger partial charge in [0.15, 0.2) is 0 Å². The van der Waals surface area contributed by atoms with Crippen molar-refractivity contribution in [2.75, 3.05) is 35.6 Å². The van der Waals surface area contributed by atoms with Crippen LogP contribution in [0.4, 0.5) is 11.5 Å². The van der Waals surface area contributed by atoms with Crippen LogP contribution in [0.1, 0.15) is 24.0 Å². The first-order valence-corrected chi connectivity index (χ1v) is 12.1. The van der Waals surface area contributed by atoms with E-state index >= 15 is 0 Å². The first kappa shape index (κ1) is 19.5. The van der Waals surface area contributed by atoms with Crippen molar-refractivity contribution in [3.05, 3.63) is 59.7 Å². The topological polar surface area (TPSA) is 57.3 Å². The number of hydrogen-bond acceptors (Lipinski definition) is 5. The van der Waals surface area contributed by atoms with Crippen LogP contribution in [0.25, 0.3) is 10.9 Å². The quantitative estimate of drug-likeness (QED) is 0.674. The smallest absolute Gasteiger partial charge is 0.131 e. The van der Waals surface area contributed by atoms with E-state index < -0.39 is 10.8 Å². The second-order valence-corrected chi connectivity index (χ2v) is 9.85. The number of aryl methyl sites for hydroxylation is 1. The molecular weight excluding hydrogens is 392 g/mol. The van der Waals surface area contributed by atoms with E-state index in [1.807, 2.05) is 18.2 Å². The number of anilines is 2. The first-order chi connectivity index (χ1) is 14.7. The molecule has 5 nitrogen and oxygen atoms in total. The van der Waals surface area contributed by atoms with E-state index in [9.17, 15) is 4.21 Å². The van der Waals surface area contributed by atoms with Crippen molar-refractivity contribution in [2.24, 2.45) is 0 Å². The van der Waals surface area contributed by atoms with Crippen LogP contribution in [0.5, 0.6) is 0 Å². The highest BCUT2D eigenvalue weighted by Crippen LogP contribution is 2.31. The zero-order chi connectivity index (χ0) is 20.5. The SMILES string of the molecule is Cc1ccc2nc(N3CCS(=O)c4ccccc4C3)cc(NC3CCCNC3)c2c1. The van der Waals surface area contributed by atoms with Gasteiger partial charge in [-0.15, -0.1) is 0 Å². The fraction of sp³-hybridized carbons (Fsp3) is 0.375. The van der Waals surface area contributed by atoms with E-state index in [4.69, 9.17) is 4.98 Å². The molecule has 0 bridgehead atoms. The van der Waals surface area contributed by atoms with Crippen molar-refractivity contribution in [3.8, 4) is 0 Å². The van der Waals surface area contributed by atoms with Crippen LogP contribution in [-0.2, 0) is 17.3 Å². The van der Waals surface area contributed by atoms with Crippen LogP contribution in [0.3, 0.4) is 0 Å². The van der Waals surface area contributed by atoms with Crippen molar-refractivity contribution in [1.82, 2.24) is 10.3 Å². The Kier molecular flexibility index (Phi) is 5.44. The first-order valence-electron chi connectivity index (χ1n) is 10.8. The third-order valence-electron chi connectivity index (χ3n) is 6.06. The highest BCUT2D eigenvalue weighted by Gasteiger charge is 2.22. The molecular formula is C24H28N4OS. The summed E-state index contributed by atoms with van der Waals surface area (Å²) in [4.78, 5) is 8.24. The highest BCUT2D eigenvalue weighted by molar-refractivity contribution is 7.85. The number of hydrogen-bond donors (Lipinski definition) is 2. The zero-order valence-electron chi connectivity index (χ0n) is 17.4. The molecule has 2 unspecified atom stereocenters. The van der Waals surface area contributed by atoms with Crippen LogP contribution in [0.2, 0.25) is 0 Å². The summed E-state index contributed by atoms with van der Waals surface area (Å²) in [5.41, 5.74) is 4.51. The molecule has 1 fully saturated rings. The Morgan fingerprint density at radius 2 is 2.10 bits per heavy atom. The van der Waals surface area contributed by atoms with Gasteiger partial charge in [0.25, 0.3) is 0 Å². The molecule has 2 aromatic carbocycles. The second kappa shape index (κ2) is 8.36. The van der Waals surface area contributed by atoms with E-state index in [-0.39, 0.29) is 0 Å². The maximum atomic E-state index is 12.7. The predicted molar refractivity (Wildman–Crippen MR) is 125 cm³/mol. The molecule has 6 heteroatoms. The van der Waals surface area contributed by atoms with Crippen molar-refractivity contribution in [1.29, 1.82) is 0 Å². The third kappa shape index (κ3) is 3.94. The molecule has 0 aliphatic carbocycles. The van der Waals surface area contributed by atoms with Crippen LogP contribution in [0.15, 0.2) is 53.4 Å². The zero-order valence-corrected chi connectivity index (χ0v) is 18.2. The summed E-state index contributed by atoms with van der Waals surface area (Å²) in [6.45, 7) is 5.68. The van der Waals surface area contributed by atoms with Gasteiger partial charge in [-0.2, -0.15) is 0 Å². The van der Waals surface area contributed by atoms with Gasteiger partial charge in [-0.05, 0) is 50.1 Å². The van der Waals surface area contributed by atoms with Crippen molar-refractivity contribution < 1.29 is 4.21 Å². The number of rotatable bonds is 3. The number of benzene rings is 2. The summed E-state index contributed by atoms with van der Waals surface area (Å²) < 4.78 is 12.7. The van der Waals surface area contributed by atoms with Crippen LogP contribution < -0.4 is 15.5 Å². The van der Waals surface area contributed by atoms with Crippen LogP contribution >= 0.6 is 0 Å². The Hall–Kier alpha value is -2.44. The summed E-state index contributed by atoms with van der Waals surface area (Å²) in [6, 6.07) is 17.2. The fourth-order valence-electron chi connectivity index (χ4n) is 4.44. The highest BCUT2D eigenvalue weighted by atomic mass is 32.2. The molecule has 1 aromatic heterocycles. The van der Waals surface area contributed by atoms with E-state index in [2.05, 4.69) is 52.8 Å². The maximum Gasteiger partial charge on any atom is 0.131 e. The number of fused-ring (bicyclic) bond motifs is 2. The van der Waals surface area contributed by atoms with Gasteiger partial charge in [0, 0.05) is 53.5 Å². The van der Waals surface area contributed by atoms with Gasteiger partial charge in [-0.1, -0.05) is 29.8 Å². The van der Waals surface area contributed by atoms with Gasteiger partial charge >= 0.3 is 0 Å². The molecule has 0 spiro atoms. The molecule has 2 aliphatic heterocycles. The van der Waals surface area contributed by atoms with E-state index in [0.717, 1.165) is 53.7 Å². The molecule has 2 atom stereocenters. The number of aromatic nitrogens is 1. The summed E-state index contributed by atoms with van der Waals surface area (Å²) in [5.74, 6) is 1.58. The molecule has 30 heavy (non-hydrogen) atoms. The van der Waals surface area contributed by atoms with E-state index in [0.29, 0.717) is 11.8 Å². The summed E-state index contributed by atoms with van der Waals surface area (Å²) in [5, 5.41) is 8.45. The minimum Gasteiger partial charge on any atom is -0.380 e. The lowest BCUT2D eigenvalue weighted by molar-refractivity contribution is 0.480. The number of nitrogens with zero attached hydrogens (tertiary/aromatic N) is 2. The minimum absolute atomic E-state index is 0.426. The summed E-state index contributed by atoms with van der Waals surface area (Å²) in [7, 11) is -0.962. The third-order valence-corrected chi connectivity index (χ3v) is 7.50. The van der Waals surface area contributed by atoms with Crippen LogP contribution in [0, 0.1) is 6.92 Å². The van der Waals surface area contributed by atoms with Gasteiger partial charge in [-0.25, -0.2) is 4.98 Å². The maximum absolute atomic E-state index is 12.7. The number of pyridine rings is 1. The van der Waals surface area contributed by atoms with Gasteiger partial charge in [0.05, 0.1) is 16.3 Å². The second-order valence-electron chi connectivity index (χ2n) is 8.32. The van der Waals surface area contributed by atoms with E-state index in [1.165, 1.54) is 23.8 Å².